The highest BCUT2D eigenvalue weighted by Gasteiger charge is 2.08. The fourth-order valence-corrected chi connectivity index (χ4v) is 1.68. The summed E-state index contributed by atoms with van der Waals surface area (Å²) in [6.07, 6.45) is 1.24. The molecule has 0 bridgehead atoms. The summed E-state index contributed by atoms with van der Waals surface area (Å²) in [4.78, 5) is 4.69. The molecule has 1 rings (SSSR count). The summed E-state index contributed by atoms with van der Waals surface area (Å²) in [6, 6.07) is 0. The van der Waals surface area contributed by atoms with Gasteiger partial charge in [0, 0.05) is 26.2 Å². The predicted molar refractivity (Wildman–Crippen MR) is 63.3 cm³/mol. The molecule has 90 valence electrons. The molecule has 0 aromatic carbocycles. The van der Waals surface area contributed by atoms with Crippen molar-refractivity contribution < 1.29 is 4.74 Å². The van der Waals surface area contributed by atoms with Crippen LogP contribution >= 0.6 is 0 Å². The van der Waals surface area contributed by atoms with Crippen molar-refractivity contribution in [2.75, 3.05) is 66.6 Å². The third-order valence-electron chi connectivity index (χ3n) is 2.67. The highest BCUT2D eigenvalue weighted by atomic mass is 16.5. The largest absolute Gasteiger partial charge is 0.379 e. The van der Waals surface area contributed by atoms with E-state index in [-0.39, 0.29) is 0 Å². The van der Waals surface area contributed by atoms with Gasteiger partial charge in [-0.15, -0.1) is 0 Å². The molecule has 0 aliphatic carbocycles. The first-order valence-corrected chi connectivity index (χ1v) is 5.94. The highest BCUT2D eigenvalue weighted by Crippen LogP contribution is 1.96. The Morgan fingerprint density at radius 1 is 1.20 bits per heavy atom. The van der Waals surface area contributed by atoms with Gasteiger partial charge in [-0.1, -0.05) is 0 Å². The molecule has 0 amide bonds. The Hall–Kier alpha value is -0.160. The molecule has 0 atom stereocenters. The molecule has 0 aromatic rings. The normalized spacial score (nSPS) is 18.6. The molecule has 0 unspecified atom stereocenters. The molecule has 0 spiro atoms. The van der Waals surface area contributed by atoms with Gasteiger partial charge in [0.2, 0.25) is 0 Å². The second-order valence-electron chi connectivity index (χ2n) is 4.36. The monoisotopic (exact) mass is 215 g/mol. The fraction of sp³-hybridized carbons (Fsp3) is 1.00. The molecular formula is C11H25N3O. The Labute approximate surface area is 93.6 Å². The molecular weight excluding hydrogens is 190 g/mol. The van der Waals surface area contributed by atoms with Gasteiger partial charge in [-0.05, 0) is 33.6 Å². The number of rotatable bonds is 7. The van der Waals surface area contributed by atoms with Crippen molar-refractivity contribution >= 4 is 0 Å². The second kappa shape index (κ2) is 8.05. The molecule has 1 heterocycles. The first kappa shape index (κ1) is 12.9. The van der Waals surface area contributed by atoms with Crippen molar-refractivity contribution in [2.24, 2.45) is 0 Å². The first-order chi connectivity index (χ1) is 7.29. The summed E-state index contributed by atoms with van der Waals surface area (Å²) in [7, 11) is 4.21. The third kappa shape index (κ3) is 6.84. The lowest BCUT2D eigenvalue weighted by Crippen LogP contribution is -2.38. The minimum atomic E-state index is 0.911. The second-order valence-corrected chi connectivity index (χ2v) is 4.36. The summed E-state index contributed by atoms with van der Waals surface area (Å²) < 4.78 is 5.31. The zero-order valence-corrected chi connectivity index (χ0v) is 10.2. The predicted octanol–water partition coefficient (Wildman–Crippen LogP) is -0.140. The molecule has 4 nitrogen and oxygen atoms in total. The van der Waals surface area contributed by atoms with E-state index in [4.69, 9.17) is 4.74 Å². The zero-order valence-electron chi connectivity index (χ0n) is 10.2. The Morgan fingerprint density at radius 3 is 2.60 bits per heavy atom. The van der Waals surface area contributed by atoms with Crippen LogP contribution in [0.3, 0.4) is 0 Å². The van der Waals surface area contributed by atoms with Gasteiger partial charge in [0.15, 0.2) is 0 Å². The van der Waals surface area contributed by atoms with E-state index >= 15 is 0 Å². The minimum Gasteiger partial charge on any atom is -0.379 e. The van der Waals surface area contributed by atoms with Gasteiger partial charge in [0.05, 0.1) is 13.2 Å². The van der Waals surface area contributed by atoms with Crippen molar-refractivity contribution in [2.45, 2.75) is 6.42 Å². The highest BCUT2D eigenvalue weighted by molar-refractivity contribution is 4.62. The van der Waals surface area contributed by atoms with Gasteiger partial charge in [-0.2, -0.15) is 0 Å². The van der Waals surface area contributed by atoms with Crippen LogP contribution in [-0.4, -0.2) is 76.4 Å². The molecule has 1 fully saturated rings. The van der Waals surface area contributed by atoms with Gasteiger partial charge < -0.3 is 15.0 Å². The van der Waals surface area contributed by atoms with Crippen LogP contribution in [0.25, 0.3) is 0 Å². The van der Waals surface area contributed by atoms with Crippen LogP contribution in [0, 0.1) is 0 Å². The van der Waals surface area contributed by atoms with E-state index in [9.17, 15) is 0 Å². The summed E-state index contributed by atoms with van der Waals surface area (Å²) in [6.45, 7) is 8.59. The van der Waals surface area contributed by atoms with E-state index in [1.54, 1.807) is 0 Å². The maximum Gasteiger partial charge on any atom is 0.0594 e. The van der Waals surface area contributed by atoms with Crippen LogP contribution in [0.4, 0.5) is 0 Å². The summed E-state index contributed by atoms with van der Waals surface area (Å²) in [5.74, 6) is 0. The Balaban J connectivity index is 1.83. The molecule has 15 heavy (non-hydrogen) atoms. The van der Waals surface area contributed by atoms with Crippen LogP contribution in [0.2, 0.25) is 0 Å². The maximum absolute atomic E-state index is 5.31. The lowest BCUT2D eigenvalue weighted by Gasteiger charge is -2.26. The van der Waals surface area contributed by atoms with Crippen molar-refractivity contribution in [3.05, 3.63) is 0 Å². The van der Waals surface area contributed by atoms with E-state index in [1.807, 2.05) is 0 Å². The molecule has 1 N–H and O–H groups in total. The van der Waals surface area contributed by atoms with E-state index in [1.165, 1.54) is 13.0 Å². The Morgan fingerprint density at radius 2 is 1.93 bits per heavy atom. The number of hydrogen-bond donors (Lipinski definition) is 1. The van der Waals surface area contributed by atoms with E-state index < -0.39 is 0 Å². The summed E-state index contributed by atoms with van der Waals surface area (Å²) in [5, 5.41) is 3.46. The number of ether oxygens (including phenoxy) is 1. The first-order valence-electron chi connectivity index (χ1n) is 5.94. The molecule has 0 saturated carbocycles. The quantitative estimate of drug-likeness (QED) is 0.598. The van der Waals surface area contributed by atoms with E-state index in [2.05, 4.69) is 29.2 Å². The van der Waals surface area contributed by atoms with Crippen LogP contribution in [0.5, 0.6) is 0 Å². The molecule has 4 heteroatoms. The number of morpholine rings is 1. The Kier molecular flexibility index (Phi) is 6.92. The minimum absolute atomic E-state index is 0.911. The SMILES string of the molecule is CN(C)CCNCCCN1CCOCC1. The van der Waals surface area contributed by atoms with E-state index in [0.29, 0.717) is 0 Å². The van der Waals surface area contributed by atoms with Crippen molar-refractivity contribution in [1.29, 1.82) is 0 Å². The fourth-order valence-electron chi connectivity index (χ4n) is 1.68. The number of hydrogen-bond acceptors (Lipinski definition) is 4. The maximum atomic E-state index is 5.31. The van der Waals surface area contributed by atoms with Crippen LogP contribution in [0.15, 0.2) is 0 Å². The zero-order chi connectivity index (χ0) is 10.9. The molecule has 0 radical (unpaired) electrons. The lowest BCUT2D eigenvalue weighted by molar-refractivity contribution is 0.0374. The van der Waals surface area contributed by atoms with Gasteiger partial charge in [0.25, 0.3) is 0 Å². The number of likely N-dealkylation sites (N-methyl/N-ethyl adjacent to an activating group) is 1. The van der Waals surface area contributed by atoms with Crippen molar-refractivity contribution in [3.63, 3.8) is 0 Å². The topological polar surface area (TPSA) is 27.7 Å². The van der Waals surface area contributed by atoms with Crippen LogP contribution in [-0.2, 0) is 4.74 Å². The molecule has 1 aliphatic heterocycles. The average molecular weight is 215 g/mol. The standard InChI is InChI=1S/C11H25N3O/c1-13(2)7-5-12-4-3-6-14-8-10-15-11-9-14/h12H,3-11H2,1-2H3. The Bertz CT molecular complexity index is 147. The van der Waals surface area contributed by atoms with Gasteiger partial charge in [-0.3, -0.25) is 4.90 Å². The van der Waals surface area contributed by atoms with Crippen LogP contribution < -0.4 is 5.32 Å². The van der Waals surface area contributed by atoms with Gasteiger partial charge >= 0.3 is 0 Å². The molecule has 1 saturated heterocycles. The lowest BCUT2D eigenvalue weighted by atomic mass is 10.3. The van der Waals surface area contributed by atoms with E-state index in [0.717, 1.165) is 45.9 Å². The van der Waals surface area contributed by atoms with Crippen LogP contribution in [0.1, 0.15) is 6.42 Å². The third-order valence-corrected chi connectivity index (χ3v) is 2.67. The smallest absolute Gasteiger partial charge is 0.0594 e. The summed E-state index contributed by atoms with van der Waals surface area (Å²) in [5.41, 5.74) is 0. The molecule has 1 aliphatic rings. The van der Waals surface area contributed by atoms with Crippen molar-refractivity contribution in [3.8, 4) is 0 Å². The summed E-state index contributed by atoms with van der Waals surface area (Å²) >= 11 is 0. The average Bonchev–Trinajstić information content (AvgIpc) is 2.24. The van der Waals surface area contributed by atoms with Gasteiger partial charge in [0.1, 0.15) is 0 Å². The molecule has 0 aromatic heterocycles. The number of nitrogens with zero attached hydrogens (tertiary/aromatic N) is 2. The number of nitrogens with one attached hydrogen (secondary N) is 1. The van der Waals surface area contributed by atoms with Crippen molar-refractivity contribution in [1.82, 2.24) is 15.1 Å². The van der Waals surface area contributed by atoms with Gasteiger partial charge in [-0.25, -0.2) is 0 Å².